The largest absolute Gasteiger partial charge is 0.479 e. The molecule has 0 aliphatic rings. The summed E-state index contributed by atoms with van der Waals surface area (Å²) in [7, 11) is 1.70. The van der Waals surface area contributed by atoms with E-state index in [-0.39, 0.29) is 5.56 Å². The number of nitrogens with one attached hydrogen (secondary N) is 1. The molecule has 102 valence electrons. The van der Waals surface area contributed by atoms with E-state index in [0.29, 0.717) is 16.3 Å². The first kappa shape index (κ1) is 13.9. The van der Waals surface area contributed by atoms with E-state index in [0.717, 1.165) is 0 Å². The quantitative estimate of drug-likeness (QED) is 0.900. The lowest BCUT2D eigenvalue weighted by Gasteiger charge is -2.15. The van der Waals surface area contributed by atoms with Crippen LogP contribution < -0.4 is 5.32 Å². The fraction of sp³-hybridized carbons (Fsp3) is 0.154. The number of anilines is 1. The Morgan fingerprint density at radius 3 is 2.90 bits per heavy atom. The topological polar surface area (TPSA) is 90.9 Å². The molecule has 1 unspecified atom stereocenters. The number of benzene rings is 1. The molecule has 20 heavy (non-hydrogen) atoms. The van der Waals surface area contributed by atoms with Gasteiger partial charge in [-0.2, -0.15) is 10.4 Å². The van der Waals surface area contributed by atoms with Crippen molar-refractivity contribution in [2.75, 3.05) is 5.32 Å². The maximum absolute atomic E-state index is 11.4. The average Bonchev–Trinajstić information content (AvgIpc) is 2.83. The first-order valence-corrected chi connectivity index (χ1v) is 6.06. The third-order valence-electron chi connectivity index (χ3n) is 2.71. The molecule has 1 atom stereocenters. The van der Waals surface area contributed by atoms with Crippen LogP contribution in [0.1, 0.15) is 17.2 Å². The average molecular weight is 291 g/mol. The molecular weight excluding hydrogens is 280 g/mol. The van der Waals surface area contributed by atoms with Crippen molar-refractivity contribution >= 4 is 23.3 Å². The van der Waals surface area contributed by atoms with Crippen molar-refractivity contribution < 1.29 is 9.90 Å². The van der Waals surface area contributed by atoms with Crippen molar-refractivity contribution in [2.24, 2.45) is 7.05 Å². The van der Waals surface area contributed by atoms with Gasteiger partial charge in [-0.1, -0.05) is 11.6 Å². The molecule has 1 aromatic heterocycles. The van der Waals surface area contributed by atoms with Gasteiger partial charge in [-0.15, -0.1) is 0 Å². The van der Waals surface area contributed by atoms with Gasteiger partial charge in [0, 0.05) is 23.8 Å². The van der Waals surface area contributed by atoms with Gasteiger partial charge in [0.25, 0.3) is 0 Å². The van der Waals surface area contributed by atoms with E-state index in [2.05, 4.69) is 10.4 Å². The second-order valence-electron chi connectivity index (χ2n) is 4.16. The van der Waals surface area contributed by atoms with Gasteiger partial charge in [0.15, 0.2) is 6.04 Å². The molecule has 0 saturated carbocycles. The van der Waals surface area contributed by atoms with E-state index in [1.54, 1.807) is 25.4 Å². The molecule has 6 nitrogen and oxygen atoms in total. The van der Waals surface area contributed by atoms with E-state index in [1.807, 2.05) is 6.07 Å². The number of nitrogens with zero attached hydrogens (tertiary/aromatic N) is 3. The summed E-state index contributed by atoms with van der Waals surface area (Å²) in [6.07, 6.45) is 3.07. The minimum atomic E-state index is -1.06. The zero-order chi connectivity index (χ0) is 14.7. The van der Waals surface area contributed by atoms with Crippen molar-refractivity contribution in [3.8, 4) is 6.07 Å². The van der Waals surface area contributed by atoms with E-state index in [1.165, 1.54) is 16.9 Å². The highest BCUT2D eigenvalue weighted by atomic mass is 35.5. The van der Waals surface area contributed by atoms with Crippen LogP contribution in [0.4, 0.5) is 5.69 Å². The smallest absolute Gasteiger partial charge is 0.330 e. The molecule has 1 aromatic carbocycles. The Morgan fingerprint density at radius 2 is 2.35 bits per heavy atom. The fourth-order valence-corrected chi connectivity index (χ4v) is 1.94. The maximum atomic E-state index is 11.4. The summed E-state index contributed by atoms with van der Waals surface area (Å²) >= 11 is 5.81. The van der Waals surface area contributed by atoms with Crippen LogP contribution >= 0.6 is 11.6 Å². The third-order valence-corrected chi connectivity index (χ3v) is 2.94. The van der Waals surface area contributed by atoms with Crippen LogP contribution in [0.2, 0.25) is 5.02 Å². The zero-order valence-corrected chi connectivity index (χ0v) is 11.3. The van der Waals surface area contributed by atoms with Gasteiger partial charge in [0.05, 0.1) is 17.4 Å². The number of rotatable bonds is 4. The number of aryl methyl sites for hydroxylation is 1. The molecule has 0 aliphatic heterocycles. The van der Waals surface area contributed by atoms with Gasteiger partial charge in [0.1, 0.15) is 6.07 Å². The lowest BCUT2D eigenvalue weighted by atomic mass is 10.1. The highest BCUT2D eigenvalue weighted by molar-refractivity contribution is 6.30. The van der Waals surface area contributed by atoms with Crippen LogP contribution in [-0.4, -0.2) is 20.9 Å². The normalized spacial score (nSPS) is 11.7. The van der Waals surface area contributed by atoms with Gasteiger partial charge in [-0.25, -0.2) is 4.79 Å². The fourth-order valence-electron chi connectivity index (χ4n) is 1.77. The molecule has 0 spiro atoms. The summed E-state index contributed by atoms with van der Waals surface area (Å²) in [5.41, 5.74) is 1.19. The summed E-state index contributed by atoms with van der Waals surface area (Å²) in [6, 6.07) is 5.63. The monoisotopic (exact) mass is 290 g/mol. The van der Waals surface area contributed by atoms with Crippen molar-refractivity contribution in [2.45, 2.75) is 6.04 Å². The Kier molecular flexibility index (Phi) is 3.91. The van der Waals surface area contributed by atoms with Gasteiger partial charge in [-0.05, 0) is 18.2 Å². The number of carbonyl (C=O) groups is 1. The predicted octanol–water partition coefficient (Wildman–Crippen LogP) is 2.18. The molecule has 2 rings (SSSR count). The number of aromatic nitrogens is 2. The van der Waals surface area contributed by atoms with Crippen molar-refractivity contribution in [3.63, 3.8) is 0 Å². The van der Waals surface area contributed by atoms with Crippen molar-refractivity contribution in [1.29, 1.82) is 5.26 Å². The Morgan fingerprint density at radius 1 is 1.60 bits per heavy atom. The molecule has 2 aromatic rings. The zero-order valence-electron chi connectivity index (χ0n) is 10.5. The van der Waals surface area contributed by atoms with Crippen molar-refractivity contribution in [3.05, 3.63) is 46.7 Å². The molecule has 2 N–H and O–H groups in total. The molecule has 0 radical (unpaired) electrons. The predicted molar refractivity (Wildman–Crippen MR) is 73.4 cm³/mol. The molecule has 0 aliphatic carbocycles. The van der Waals surface area contributed by atoms with Crippen LogP contribution in [0.3, 0.4) is 0 Å². The van der Waals surface area contributed by atoms with E-state index >= 15 is 0 Å². The van der Waals surface area contributed by atoms with Crippen LogP contribution in [0.25, 0.3) is 0 Å². The second kappa shape index (κ2) is 5.63. The summed E-state index contributed by atoms with van der Waals surface area (Å²) in [5, 5.41) is 25.5. The number of hydrogen-bond donors (Lipinski definition) is 2. The summed E-state index contributed by atoms with van der Waals surface area (Å²) in [4.78, 5) is 11.4. The molecule has 7 heteroatoms. The minimum Gasteiger partial charge on any atom is -0.479 e. The van der Waals surface area contributed by atoms with Crippen molar-refractivity contribution in [1.82, 2.24) is 9.78 Å². The molecule has 0 saturated heterocycles. The summed E-state index contributed by atoms with van der Waals surface area (Å²) in [5.74, 6) is -1.06. The number of halogens is 1. The first-order chi connectivity index (χ1) is 9.51. The summed E-state index contributed by atoms with van der Waals surface area (Å²) in [6.45, 7) is 0. The molecular formula is C13H11ClN4O2. The SMILES string of the molecule is Cn1cc(C(Nc2ccc(Cl)cc2C#N)C(=O)O)cn1. The van der Waals surface area contributed by atoms with Gasteiger partial charge < -0.3 is 10.4 Å². The van der Waals surface area contributed by atoms with E-state index in [4.69, 9.17) is 16.9 Å². The van der Waals surface area contributed by atoms with Crippen LogP contribution in [0.5, 0.6) is 0 Å². The van der Waals surface area contributed by atoms with E-state index < -0.39 is 12.0 Å². The number of carboxylic acids is 1. The molecule has 0 bridgehead atoms. The Bertz CT molecular complexity index is 690. The lowest BCUT2D eigenvalue weighted by Crippen LogP contribution is -2.20. The number of nitriles is 1. The highest BCUT2D eigenvalue weighted by Gasteiger charge is 2.22. The summed E-state index contributed by atoms with van der Waals surface area (Å²) < 4.78 is 1.51. The number of hydrogen-bond acceptors (Lipinski definition) is 4. The van der Waals surface area contributed by atoms with Crippen LogP contribution in [-0.2, 0) is 11.8 Å². The maximum Gasteiger partial charge on any atom is 0.330 e. The standard InChI is InChI=1S/C13H11ClN4O2/c1-18-7-9(6-16-18)12(13(19)20)17-11-3-2-10(14)4-8(11)5-15/h2-4,6-7,12,17H,1H3,(H,19,20). The van der Waals surface area contributed by atoms with Gasteiger partial charge >= 0.3 is 5.97 Å². The van der Waals surface area contributed by atoms with Crippen LogP contribution in [0.15, 0.2) is 30.6 Å². The second-order valence-corrected chi connectivity index (χ2v) is 4.60. The number of carboxylic acid groups (broad SMARTS) is 1. The number of aliphatic carboxylic acids is 1. The Hall–Kier alpha value is -2.52. The van der Waals surface area contributed by atoms with E-state index in [9.17, 15) is 9.90 Å². The minimum absolute atomic E-state index is 0.285. The Labute approximate surface area is 120 Å². The van der Waals surface area contributed by atoms with Gasteiger partial charge in [0.2, 0.25) is 0 Å². The lowest BCUT2D eigenvalue weighted by molar-refractivity contribution is -0.138. The third kappa shape index (κ3) is 2.90. The molecule has 0 amide bonds. The Balaban J connectivity index is 2.35. The van der Waals surface area contributed by atoms with Crippen LogP contribution in [0, 0.1) is 11.3 Å². The molecule has 0 fully saturated rings. The van der Waals surface area contributed by atoms with Gasteiger partial charge in [-0.3, -0.25) is 4.68 Å². The molecule has 1 heterocycles. The first-order valence-electron chi connectivity index (χ1n) is 5.69. The highest BCUT2D eigenvalue weighted by Crippen LogP contribution is 2.25.